The summed E-state index contributed by atoms with van der Waals surface area (Å²) in [4.78, 5) is 4.29. The first-order chi connectivity index (χ1) is 7.76. The number of methoxy groups -OCH3 is 2. The molecule has 1 aromatic heterocycles. The van der Waals surface area contributed by atoms with Crippen LogP contribution in [0.25, 0.3) is 11.4 Å². The largest absolute Gasteiger partial charge is 0.497 e. The first-order valence-corrected chi connectivity index (χ1v) is 4.96. The number of imidazole rings is 1. The number of ether oxygens (including phenoxy) is 2. The van der Waals surface area contributed by atoms with E-state index in [0.29, 0.717) is 0 Å². The first-order valence-electron chi connectivity index (χ1n) is 4.96. The van der Waals surface area contributed by atoms with Crippen molar-refractivity contribution < 1.29 is 9.47 Å². The molecular formula is C12H14N2O2. The van der Waals surface area contributed by atoms with Gasteiger partial charge in [0.15, 0.2) is 0 Å². The number of hydrogen-bond acceptors (Lipinski definition) is 3. The van der Waals surface area contributed by atoms with Gasteiger partial charge in [0.1, 0.15) is 17.3 Å². The van der Waals surface area contributed by atoms with Gasteiger partial charge in [0.25, 0.3) is 0 Å². The summed E-state index contributed by atoms with van der Waals surface area (Å²) in [6, 6.07) is 5.69. The minimum atomic E-state index is 0.758. The topological polar surface area (TPSA) is 36.3 Å². The minimum absolute atomic E-state index is 0.758. The maximum Gasteiger partial charge on any atom is 0.143 e. The summed E-state index contributed by atoms with van der Waals surface area (Å²) in [5.74, 6) is 2.41. The lowest BCUT2D eigenvalue weighted by Crippen LogP contribution is -1.95. The lowest BCUT2D eigenvalue weighted by Gasteiger charge is -2.10. The third kappa shape index (κ3) is 1.74. The summed E-state index contributed by atoms with van der Waals surface area (Å²) in [6.07, 6.45) is 3.66. The van der Waals surface area contributed by atoms with Crippen LogP contribution in [0.2, 0.25) is 0 Å². The third-order valence-electron chi connectivity index (χ3n) is 2.47. The van der Waals surface area contributed by atoms with Gasteiger partial charge in [-0.15, -0.1) is 0 Å². The summed E-state index contributed by atoms with van der Waals surface area (Å²) in [5.41, 5.74) is 0.954. The molecule has 4 nitrogen and oxygen atoms in total. The first kappa shape index (κ1) is 10.5. The van der Waals surface area contributed by atoms with Gasteiger partial charge in [-0.05, 0) is 12.1 Å². The van der Waals surface area contributed by atoms with E-state index < -0.39 is 0 Å². The molecule has 4 heteroatoms. The Balaban J connectivity index is 2.53. The Hall–Kier alpha value is -1.97. The van der Waals surface area contributed by atoms with Crippen LogP contribution >= 0.6 is 0 Å². The van der Waals surface area contributed by atoms with E-state index in [4.69, 9.17) is 9.47 Å². The second-order valence-electron chi connectivity index (χ2n) is 3.43. The van der Waals surface area contributed by atoms with Gasteiger partial charge in [-0.25, -0.2) is 4.98 Å². The Labute approximate surface area is 94.4 Å². The van der Waals surface area contributed by atoms with Gasteiger partial charge >= 0.3 is 0 Å². The van der Waals surface area contributed by atoms with E-state index in [1.54, 1.807) is 20.4 Å². The van der Waals surface area contributed by atoms with E-state index in [1.807, 2.05) is 36.0 Å². The summed E-state index contributed by atoms with van der Waals surface area (Å²) in [5, 5.41) is 0. The van der Waals surface area contributed by atoms with Crippen molar-refractivity contribution >= 4 is 0 Å². The summed E-state index contributed by atoms with van der Waals surface area (Å²) >= 11 is 0. The van der Waals surface area contributed by atoms with Crippen LogP contribution in [-0.4, -0.2) is 23.8 Å². The second kappa shape index (κ2) is 4.26. The number of benzene rings is 1. The van der Waals surface area contributed by atoms with Crippen molar-refractivity contribution in [3.8, 4) is 22.9 Å². The van der Waals surface area contributed by atoms with Crippen LogP contribution in [0.5, 0.6) is 11.5 Å². The number of rotatable bonds is 3. The fourth-order valence-corrected chi connectivity index (χ4v) is 1.61. The van der Waals surface area contributed by atoms with Crippen LogP contribution in [0.15, 0.2) is 30.6 Å². The Morgan fingerprint density at radius 3 is 2.56 bits per heavy atom. The van der Waals surface area contributed by atoms with E-state index in [-0.39, 0.29) is 0 Å². The lowest BCUT2D eigenvalue weighted by molar-refractivity contribution is 0.395. The molecule has 0 fully saturated rings. The van der Waals surface area contributed by atoms with Gasteiger partial charge in [0.05, 0.1) is 19.8 Å². The molecule has 0 unspecified atom stereocenters. The molecule has 0 saturated carbocycles. The van der Waals surface area contributed by atoms with Crippen molar-refractivity contribution in [1.82, 2.24) is 9.55 Å². The normalized spacial score (nSPS) is 10.2. The fourth-order valence-electron chi connectivity index (χ4n) is 1.61. The number of hydrogen-bond donors (Lipinski definition) is 0. The molecule has 2 rings (SSSR count). The van der Waals surface area contributed by atoms with Crippen molar-refractivity contribution in [2.24, 2.45) is 7.05 Å². The van der Waals surface area contributed by atoms with E-state index in [2.05, 4.69) is 4.98 Å². The van der Waals surface area contributed by atoms with Crippen LogP contribution in [0.4, 0.5) is 0 Å². The van der Waals surface area contributed by atoms with E-state index in [1.165, 1.54) is 0 Å². The van der Waals surface area contributed by atoms with Gasteiger partial charge in [-0.2, -0.15) is 0 Å². The van der Waals surface area contributed by atoms with Crippen molar-refractivity contribution in [2.75, 3.05) is 14.2 Å². The van der Waals surface area contributed by atoms with E-state index in [0.717, 1.165) is 22.9 Å². The molecule has 0 saturated heterocycles. The molecule has 1 aromatic carbocycles. The molecule has 0 spiro atoms. The number of nitrogens with zero attached hydrogens (tertiary/aromatic N) is 2. The molecule has 0 aliphatic rings. The molecule has 0 aliphatic heterocycles. The highest BCUT2D eigenvalue weighted by molar-refractivity contribution is 5.66. The molecule has 0 bridgehead atoms. The predicted octanol–water partition coefficient (Wildman–Crippen LogP) is 2.10. The van der Waals surface area contributed by atoms with Crippen LogP contribution in [0, 0.1) is 0 Å². The summed E-state index contributed by atoms with van der Waals surface area (Å²) in [7, 11) is 5.22. The van der Waals surface area contributed by atoms with Crippen LogP contribution < -0.4 is 9.47 Å². The molecule has 1 heterocycles. The predicted molar refractivity (Wildman–Crippen MR) is 61.7 cm³/mol. The molecule has 0 atom stereocenters. The van der Waals surface area contributed by atoms with Crippen molar-refractivity contribution in [3.05, 3.63) is 30.6 Å². The Bertz CT molecular complexity index is 492. The molecule has 0 aliphatic carbocycles. The van der Waals surface area contributed by atoms with Crippen LogP contribution in [0.3, 0.4) is 0 Å². The SMILES string of the molecule is COc1ccc(-c2nccn2C)c(OC)c1. The maximum atomic E-state index is 5.33. The molecule has 0 amide bonds. The van der Waals surface area contributed by atoms with Crippen LogP contribution in [-0.2, 0) is 7.05 Å². The highest BCUT2D eigenvalue weighted by Gasteiger charge is 2.10. The molecule has 0 radical (unpaired) electrons. The quantitative estimate of drug-likeness (QED) is 0.791. The second-order valence-corrected chi connectivity index (χ2v) is 3.43. The van der Waals surface area contributed by atoms with Crippen molar-refractivity contribution in [3.63, 3.8) is 0 Å². The van der Waals surface area contributed by atoms with Gasteiger partial charge in [-0.1, -0.05) is 0 Å². The number of aromatic nitrogens is 2. The summed E-state index contributed by atoms with van der Waals surface area (Å²) in [6.45, 7) is 0. The molecule has 0 N–H and O–H groups in total. The van der Waals surface area contributed by atoms with Gasteiger partial charge in [-0.3, -0.25) is 0 Å². The minimum Gasteiger partial charge on any atom is -0.497 e. The highest BCUT2D eigenvalue weighted by atomic mass is 16.5. The summed E-state index contributed by atoms with van der Waals surface area (Å²) < 4.78 is 12.4. The lowest BCUT2D eigenvalue weighted by atomic mass is 10.2. The Morgan fingerprint density at radius 1 is 1.19 bits per heavy atom. The molecule has 16 heavy (non-hydrogen) atoms. The molecule has 84 valence electrons. The van der Waals surface area contributed by atoms with E-state index >= 15 is 0 Å². The third-order valence-corrected chi connectivity index (χ3v) is 2.47. The maximum absolute atomic E-state index is 5.33. The monoisotopic (exact) mass is 218 g/mol. The fraction of sp³-hybridized carbons (Fsp3) is 0.250. The Morgan fingerprint density at radius 2 is 2.00 bits per heavy atom. The average molecular weight is 218 g/mol. The molecular weight excluding hydrogens is 204 g/mol. The standard InChI is InChI=1S/C12H14N2O2/c1-14-7-6-13-12(14)10-5-4-9(15-2)8-11(10)16-3/h4-8H,1-3H3. The van der Waals surface area contributed by atoms with Crippen LogP contribution in [0.1, 0.15) is 0 Å². The number of aryl methyl sites for hydroxylation is 1. The van der Waals surface area contributed by atoms with Gasteiger partial charge in [0.2, 0.25) is 0 Å². The molecule has 2 aromatic rings. The smallest absolute Gasteiger partial charge is 0.143 e. The highest BCUT2D eigenvalue weighted by Crippen LogP contribution is 2.31. The van der Waals surface area contributed by atoms with Crippen molar-refractivity contribution in [1.29, 1.82) is 0 Å². The average Bonchev–Trinajstić information content (AvgIpc) is 2.74. The van der Waals surface area contributed by atoms with Crippen molar-refractivity contribution in [2.45, 2.75) is 0 Å². The van der Waals surface area contributed by atoms with Gasteiger partial charge < -0.3 is 14.0 Å². The van der Waals surface area contributed by atoms with E-state index in [9.17, 15) is 0 Å². The Kier molecular flexibility index (Phi) is 2.81. The zero-order valence-electron chi connectivity index (χ0n) is 9.60. The van der Waals surface area contributed by atoms with Gasteiger partial charge in [0, 0.05) is 25.5 Å². The zero-order valence-corrected chi connectivity index (χ0v) is 9.60. The zero-order chi connectivity index (χ0) is 11.5.